The Morgan fingerprint density at radius 1 is 1.00 bits per heavy atom. The summed E-state index contributed by atoms with van der Waals surface area (Å²) < 4.78 is 32.3. The van der Waals surface area contributed by atoms with Gasteiger partial charge in [0.2, 0.25) is 15.9 Å². The van der Waals surface area contributed by atoms with Gasteiger partial charge in [0.05, 0.1) is 11.5 Å². The van der Waals surface area contributed by atoms with Gasteiger partial charge in [-0.25, -0.2) is 8.42 Å². The van der Waals surface area contributed by atoms with Gasteiger partial charge in [-0.05, 0) is 31.2 Å². The van der Waals surface area contributed by atoms with Gasteiger partial charge >= 0.3 is 0 Å². The van der Waals surface area contributed by atoms with Crippen LogP contribution in [0.3, 0.4) is 0 Å². The molecule has 0 atom stereocenters. The molecule has 1 fully saturated rings. The van der Waals surface area contributed by atoms with Crippen molar-refractivity contribution >= 4 is 22.0 Å². The number of sulfonamides is 1. The first-order valence-electron chi connectivity index (χ1n) is 9.26. The maximum atomic E-state index is 12.7. The van der Waals surface area contributed by atoms with Gasteiger partial charge in [-0.15, -0.1) is 0 Å². The van der Waals surface area contributed by atoms with E-state index in [9.17, 15) is 13.2 Å². The molecule has 0 spiro atoms. The van der Waals surface area contributed by atoms with Crippen LogP contribution in [0.1, 0.15) is 12.5 Å². The average molecular weight is 401 g/mol. The molecule has 0 N–H and O–H groups in total. The van der Waals surface area contributed by atoms with Crippen molar-refractivity contribution in [1.29, 1.82) is 0 Å². The molecule has 2 aromatic rings. The molecule has 148 valence electrons. The van der Waals surface area contributed by atoms with E-state index in [2.05, 4.69) is 0 Å². The largest absolute Gasteiger partial charge is 0.493 e. The Morgan fingerprint density at radius 3 is 2.32 bits per heavy atom. The van der Waals surface area contributed by atoms with E-state index < -0.39 is 10.0 Å². The van der Waals surface area contributed by atoms with Crippen LogP contribution in [0.15, 0.2) is 65.6 Å². The Bertz CT molecular complexity index is 934. The van der Waals surface area contributed by atoms with Crippen LogP contribution in [0.2, 0.25) is 0 Å². The summed E-state index contributed by atoms with van der Waals surface area (Å²) in [6.45, 7) is 3.76. The highest BCUT2D eigenvalue weighted by Crippen LogP contribution is 2.20. The summed E-state index contributed by atoms with van der Waals surface area (Å²) >= 11 is 0. The molecule has 1 amide bonds. The number of carbonyl (C=O) groups excluding carboxylic acids is 1. The monoisotopic (exact) mass is 400 g/mol. The fourth-order valence-electron chi connectivity index (χ4n) is 3.06. The minimum Gasteiger partial charge on any atom is -0.493 e. The molecule has 0 unspecified atom stereocenters. The summed E-state index contributed by atoms with van der Waals surface area (Å²) in [6, 6.07) is 15.9. The smallest absolute Gasteiger partial charge is 0.246 e. The number of carbonyl (C=O) groups is 1. The zero-order valence-corrected chi connectivity index (χ0v) is 16.6. The van der Waals surface area contributed by atoms with Crippen LogP contribution in [0.4, 0.5) is 0 Å². The van der Waals surface area contributed by atoms with E-state index in [0.717, 1.165) is 11.3 Å². The van der Waals surface area contributed by atoms with Crippen molar-refractivity contribution < 1.29 is 17.9 Å². The molecule has 0 aromatic heterocycles. The van der Waals surface area contributed by atoms with Gasteiger partial charge in [0.15, 0.2) is 0 Å². The molecule has 2 aromatic carbocycles. The van der Waals surface area contributed by atoms with Crippen LogP contribution in [-0.2, 0) is 14.8 Å². The lowest BCUT2D eigenvalue weighted by atomic mass is 10.2. The molecule has 0 radical (unpaired) electrons. The quantitative estimate of drug-likeness (QED) is 0.699. The SMILES string of the molecule is CCOc1ccccc1/C=C/C(=O)N1CCN(S(=O)(=O)c2ccccc2)CC1. The Hall–Kier alpha value is -2.64. The minimum absolute atomic E-state index is 0.136. The van der Waals surface area contributed by atoms with E-state index in [1.54, 1.807) is 41.3 Å². The second-order valence-corrected chi connectivity index (χ2v) is 8.28. The first kappa shape index (κ1) is 20.1. The lowest BCUT2D eigenvalue weighted by molar-refractivity contribution is -0.127. The van der Waals surface area contributed by atoms with Gasteiger partial charge in [0.25, 0.3) is 0 Å². The van der Waals surface area contributed by atoms with Crippen molar-refractivity contribution in [3.05, 3.63) is 66.2 Å². The first-order valence-corrected chi connectivity index (χ1v) is 10.7. The number of ether oxygens (including phenoxy) is 1. The number of nitrogens with zero attached hydrogens (tertiary/aromatic N) is 2. The zero-order chi connectivity index (χ0) is 20.0. The average Bonchev–Trinajstić information content (AvgIpc) is 2.74. The highest BCUT2D eigenvalue weighted by atomic mass is 32.2. The molecule has 0 bridgehead atoms. The molecule has 0 saturated carbocycles. The van der Waals surface area contributed by atoms with Gasteiger partial charge < -0.3 is 9.64 Å². The van der Waals surface area contributed by atoms with Gasteiger partial charge in [0, 0.05) is 37.8 Å². The summed E-state index contributed by atoms with van der Waals surface area (Å²) in [5, 5.41) is 0. The number of hydrogen-bond donors (Lipinski definition) is 0. The standard InChI is InChI=1S/C21H24N2O4S/c1-2-27-20-11-7-6-8-18(20)12-13-21(24)22-14-16-23(17-15-22)28(25,26)19-9-4-3-5-10-19/h3-13H,2,14-17H2,1H3/b13-12+. The molecule has 3 rings (SSSR count). The van der Waals surface area contributed by atoms with E-state index in [1.807, 2.05) is 31.2 Å². The molecule has 1 aliphatic rings. The Morgan fingerprint density at radius 2 is 1.64 bits per heavy atom. The minimum atomic E-state index is -3.52. The second-order valence-electron chi connectivity index (χ2n) is 6.35. The first-order chi connectivity index (χ1) is 13.5. The lowest BCUT2D eigenvalue weighted by Crippen LogP contribution is -2.50. The van der Waals surface area contributed by atoms with E-state index in [1.165, 1.54) is 10.4 Å². The van der Waals surface area contributed by atoms with Crippen LogP contribution < -0.4 is 4.74 Å². The number of benzene rings is 2. The fraction of sp³-hybridized carbons (Fsp3) is 0.286. The van der Waals surface area contributed by atoms with E-state index in [0.29, 0.717) is 19.7 Å². The van der Waals surface area contributed by atoms with E-state index in [-0.39, 0.29) is 23.9 Å². The maximum Gasteiger partial charge on any atom is 0.246 e. The second kappa shape index (κ2) is 9.03. The molecule has 28 heavy (non-hydrogen) atoms. The van der Waals surface area contributed by atoms with Crippen molar-refractivity contribution in [1.82, 2.24) is 9.21 Å². The predicted molar refractivity (Wildman–Crippen MR) is 108 cm³/mol. The summed E-state index contributed by atoms with van der Waals surface area (Å²) in [5.74, 6) is 0.593. The maximum absolute atomic E-state index is 12.7. The topological polar surface area (TPSA) is 66.9 Å². The molecule has 1 aliphatic heterocycles. The van der Waals surface area contributed by atoms with Gasteiger partial charge in [-0.2, -0.15) is 4.31 Å². The van der Waals surface area contributed by atoms with Gasteiger partial charge in [0.1, 0.15) is 5.75 Å². The molecular weight excluding hydrogens is 376 g/mol. The summed E-state index contributed by atoms with van der Waals surface area (Å²) in [7, 11) is -3.52. The van der Waals surface area contributed by atoms with E-state index in [4.69, 9.17) is 4.74 Å². The number of para-hydroxylation sites is 1. The summed E-state index contributed by atoms with van der Waals surface area (Å²) in [6.07, 6.45) is 3.25. The van der Waals surface area contributed by atoms with Crippen LogP contribution in [0.25, 0.3) is 6.08 Å². The fourth-order valence-corrected chi connectivity index (χ4v) is 4.51. The molecule has 0 aliphatic carbocycles. The molecule has 7 heteroatoms. The third-order valence-electron chi connectivity index (χ3n) is 4.56. The van der Waals surface area contributed by atoms with Gasteiger partial charge in [-0.1, -0.05) is 36.4 Å². The highest BCUT2D eigenvalue weighted by molar-refractivity contribution is 7.89. The summed E-state index contributed by atoms with van der Waals surface area (Å²) in [4.78, 5) is 14.4. The number of hydrogen-bond acceptors (Lipinski definition) is 4. The van der Waals surface area contributed by atoms with Crippen LogP contribution in [0, 0.1) is 0 Å². The third kappa shape index (κ3) is 4.61. The Balaban J connectivity index is 1.61. The third-order valence-corrected chi connectivity index (χ3v) is 6.47. The molecule has 6 nitrogen and oxygen atoms in total. The highest BCUT2D eigenvalue weighted by Gasteiger charge is 2.29. The van der Waals surface area contributed by atoms with Crippen molar-refractivity contribution in [3.63, 3.8) is 0 Å². The Kier molecular flexibility index (Phi) is 6.49. The molecule has 1 heterocycles. The normalized spacial score (nSPS) is 15.7. The Labute approximate surface area is 166 Å². The van der Waals surface area contributed by atoms with Crippen molar-refractivity contribution in [2.45, 2.75) is 11.8 Å². The number of rotatable bonds is 6. The van der Waals surface area contributed by atoms with Crippen LogP contribution in [-0.4, -0.2) is 56.3 Å². The summed E-state index contributed by atoms with van der Waals surface area (Å²) in [5.41, 5.74) is 0.836. The number of amides is 1. The van der Waals surface area contributed by atoms with Gasteiger partial charge in [-0.3, -0.25) is 4.79 Å². The van der Waals surface area contributed by atoms with Crippen LogP contribution >= 0.6 is 0 Å². The van der Waals surface area contributed by atoms with Crippen molar-refractivity contribution in [2.24, 2.45) is 0 Å². The number of piperazine rings is 1. The van der Waals surface area contributed by atoms with Crippen molar-refractivity contribution in [2.75, 3.05) is 32.8 Å². The zero-order valence-electron chi connectivity index (χ0n) is 15.8. The molecule has 1 saturated heterocycles. The van der Waals surface area contributed by atoms with E-state index >= 15 is 0 Å². The van der Waals surface area contributed by atoms with Crippen molar-refractivity contribution in [3.8, 4) is 5.75 Å². The predicted octanol–water partition coefficient (Wildman–Crippen LogP) is 2.63. The van der Waals surface area contributed by atoms with Crippen LogP contribution in [0.5, 0.6) is 5.75 Å². The lowest BCUT2D eigenvalue weighted by Gasteiger charge is -2.33. The molecular formula is C21H24N2O4S.